The fraction of sp³-hybridized carbons (Fsp3) is 0.658. The minimum Gasteiger partial charge on any atom is -0.387 e. The Labute approximate surface area is 809 Å². The second kappa shape index (κ2) is 46.9. The number of ether oxygens (including phenoxy) is 14. The van der Waals surface area contributed by atoms with E-state index in [0.717, 1.165) is 24.5 Å². The minimum absolute atomic E-state index is 0.00870. The number of nitrogens with zero attached hydrogens (tertiary/aromatic N) is 13. The van der Waals surface area contributed by atoms with Gasteiger partial charge in [-0.2, -0.15) is 19.9 Å². The van der Waals surface area contributed by atoms with Gasteiger partial charge < -0.3 is 142 Å². The van der Waals surface area contributed by atoms with Crippen LogP contribution in [0.25, 0.3) is 11.2 Å². The molecule has 0 amide bonds. The van der Waals surface area contributed by atoms with Crippen LogP contribution in [0, 0.1) is 34.6 Å². The van der Waals surface area contributed by atoms with Crippen LogP contribution in [-0.2, 0) is 163 Å². The Morgan fingerprint density at radius 1 is 0.420 bits per heavy atom. The maximum absolute atomic E-state index is 15.2. The summed E-state index contributed by atoms with van der Waals surface area (Å²) in [6.07, 6.45) is -23.1. The highest BCUT2D eigenvalue weighted by molar-refractivity contribution is 8.44. The predicted molar refractivity (Wildman–Crippen MR) is 499 cm³/mol. The molecule has 0 saturated carbocycles. The summed E-state index contributed by atoms with van der Waals surface area (Å²) in [6, 6.07) is 0. The molecule has 0 aromatic carbocycles. The van der Waals surface area contributed by atoms with E-state index in [1.54, 1.807) is 20.8 Å². The van der Waals surface area contributed by atoms with Crippen LogP contribution in [0.15, 0.2) is 72.4 Å². The number of aromatic amines is 1. The number of rotatable bonds is 48. The number of fused-ring (bicyclic) bond motifs is 1. The molecule has 27 atom stereocenters. The molecule has 0 spiro atoms. The number of methoxy groups -OCH3 is 4. The van der Waals surface area contributed by atoms with Gasteiger partial charge in [0.15, 0.2) is 36.4 Å². The molecule has 65 heteroatoms. The van der Waals surface area contributed by atoms with Gasteiger partial charge in [0.05, 0.1) is 104 Å². The summed E-state index contributed by atoms with van der Waals surface area (Å²) >= 11 is 27.4. The van der Waals surface area contributed by atoms with E-state index in [1.807, 2.05) is 0 Å². The molecule has 7 aromatic heterocycles. The first kappa shape index (κ1) is 109. The monoisotopic (exact) mass is 2140 g/mol. The Hall–Kier alpha value is -6.23. The lowest BCUT2D eigenvalue weighted by molar-refractivity contribution is -0.0840. The number of thiol groups is 1. The Balaban J connectivity index is 0.777. The molecule has 6 fully saturated rings. The van der Waals surface area contributed by atoms with Crippen LogP contribution in [0.5, 0.6) is 0 Å². The van der Waals surface area contributed by atoms with Crippen LogP contribution in [0.4, 0.5) is 29.1 Å². The molecule has 13 rings (SSSR count). The Bertz CT molecular complexity index is 6100. The highest BCUT2D eigenvalue weighted by Gasteiger charge is 2.57. The van der Waals surface area contributed by atoms with Gasteiger partial charge in [-0.3, -0.25) is 59.8 Å². The number of nitrogens with two attached hydrogens (primary N) is 5. The number of aromatic nitrogens is 14. The number of aliphatic hydroxyl groups excluding tert-OH is 1. The Morgan fingerprint density at radius 3 is 1.20 bits per heavy atom. The number of aryl methyl sites for hydroxylation is 5. The van der Waals surface area contributed by atoms with Gasteiger partial charge in [0.1, 0.15) is 133 Å². The molecule has 11 unspecified atom stereocenters. The maximum Gasteiger partial charge on any atom is 0.386 e. The summed E-state index contributed by atoms with van der Waals surface area (Å²) in [6.45, 7) is -20.0. The molecule has 7 aromatic rings. The van der Waals surface area contributed by atoms with E-state index in [0.29, 0.717) is 17.5 Å². The first-order chi connectivity index (χ1) is 65.3. The van der Waals surface area contributed by atoms with Crippen molar-refractivity contribution in [3.8, 4) is 0 Å². The standard InChI is InChI=1S/C73H108N19O36P5S5/c1-11-39-40(20-47(118-39)87-22-34(2)58(74)82-69(87)95)124-129(100,134)113-27-42-41(21-48(119-42)92-33-81-49-62(78)79-32-80-63(49)92)125-130(101,135)115-29-44-51(57(112-19-15-108-10)68(123-44)91-26-38(6)64(94)86-73(91)99)127-132(103,137)117-31-46-53(56(111-18-14-107-9)67(122-46)90-25-37(5)61(77)85-72(90)98)128-133(104,138)116-30-45-52(55(110-17-13-106-8)66(121-45)89-24-36(4)60(76)84-71(89)97)126-131(102,136)114-28-43-50(93)54(109-16-12-105-7)65(120-43)88-23-35(3)59(75)83-70(88)96/h22-26,32-33,39-48,50-57,65-68,93H,11-21,27-31H2,1-10H3,(H,100,134)(H,101,135)(H,102,136)(H,103,137)(H,104,138)(H2,74,82,95)(H2,75,83,96)(H2,76,84,97)(H2,77,85,98)(H2,78,79,80)(H,86,94,99)/t39-,40?,41?,42-,43-,44-,45-,46-,47-,48-,50?,51?,52?,53?,54+,55+,56+,57+,65-,66-,67-,68-,129?,130?,131?,132?,133?/m1/s1. The van der Waals surface area contributed by atoms with Gasteiger partial charge in [-0.15, -0.1) is 0 Å². The molecule has 766 valence electrons. The van der Waals surface area contributed by atoms with Crippen LogP contribution in [0.2, 0.25) is 0 Å². The maximum atomic E-state index is 15.2. The molecule has 6 saturated heterocycles. The summed E-state index contributed by atoms with van der Waals surface area (Å²) in [5.41, 5.74) is 26.6. The second-order valence-corrected chi connectivity index (χ2v) is 46.1. The van der Waals surface area contributed by atoms with Crippen LogP contribution < -0.4 is 62.7 Å². The third-order valence-electron chi connectivity index (χ3n) is 22.6. The van der Waals surface area contributed by atoms with E-state index in [9.17, 15) is 53.4 Å². The smallest absolute Gasteiger partial charge is 0.386 e. The Morgan fingerprint density at radius 2 is 0.768 bits per heavy atom. The zero-order chi connectivity index (χ0) is 99.9. The van der Waals surface area contributed by atoms with Gasteiger partial charge in [0.2, 0.25) is 0 Å². The molecule has 16 N–H and O–H groups in total. The molecular formula is C73H108N19O36P5S5. The van der Waals surface area contributed by atoms with Crippen LogP contribution in [0.1, 0.15) is 91.4 Å². The number of hydrogen-bond donors (Lipinski definition) is 12. The third-order valence-corrected chi connectivity index (χ3v) is 30.5. The van der Waals surface area contributed by atoms with E-state index in [4.69, 9.17) is 187 Å². The summed E-state index contributed by atoms with van der Waals surface area (Å²) in [4.78, 5) is 162. The Kier molecular flexibility index (Phi) is 37.0. The lowest BCUT2D eigenvalue weighted by atomic mass is 10.1. The highest BCUT2D eigenvalue weighted by atomic mass is 32.7. The molecule has 13 heterocycles. The molecule has 6 aliphatic rings. The van der Waals surface area contributed by atoms with Crippen molar-refractivity contribution in [3.63, 3.8) is 0 Å². The van der Waals surface area contributed by atoms with Gasteiger partial charge >= 0.3 is 62.1 Å². The summed E-state index contributed by atoms with van der Waals surface area (Å²) < 4.78 is 168. The molecule has 0 aliphatic carbocycles. The molecule has 0 radical (unpaired) electrons. The number of imidazole rings is 1. The lowest BCUT2D eigenvalue weighted by Gasteiger charge is -2.31. The number of anilines is 5. The van der Waals surface area contributed by atoms with Crippen molar-refractivity contribution in [2.75, 3.05) is 143 Å². The molecule has 138 heavy (non-hydrogen) atoms. The van der Waals surface area contributed by atoms with Crippen molar-refractivity contribution >= 4 is 133 Å². The van der Waals surface area contributed by atoms with Gasteiger partial charge in [0.25, 0.3) is 5.56 Å². The van der Waals surface area contributed by atoms with Gasteiger partial charge in [-0.1, -0.05) is 19.2 Å². The van der Waals surface area contributed by atoms with Gasteiger partial charge in [0, 0.05) is 100 Å². The summed E-state index contributed by atoms with van der Waals surface area (Å²) in [7, 11) is 5.48. The minimum atomic E-state index is -5.03. The second-order valence-electron chi connectivity index (χ2n) is 32.1. The van der Waals surface area contributed by atoms with Crippen molar-refractivity contribution in [1.29, 1.82) is 0 Å². The van der Waals surface area contributed by atoms with Crippen LogP contribution >= 0.6 is 45.9 Å². The van der Waals surface area contributed by atoms with Crippen molar-refractivity contribution in [1.82, 2.24) is 67.3 Å². The number of aliphatic hydroxyl groups is 1. The SMILES string of the molecule is CC[C@H]1O[C@@H](n2cc(C)c(N)nc2=O)CC1OP(O)(=S)OC[C@H]1O[C@@H](n2cnc3c(N)ncnc32)CC1OP(=O)(S)OC[C@H]1O[C@@H](n2cc(C)c(=O)[nH]c2=O)[C@@H](OCCOC)C1OP(O)(=S)OC[C@H]1O[C@@H](n2cc(C)c(N)nc2=O)[C@@H](OCCOC)C1OP(O)(=S)OC[C@H]1O[C@@H](n2cc(C)c(N)nc2=O)[C@@H](OCCOC)C1OP(O)(=S)OC[C@H]1O[C@@H](n2cc(C)c(N)nc2=O)[C@@H](OCCOC)C1O. The molecule has 0 bridgehead atoms. The first-order valence-corrected chi connectivity index (χ1v) is 55.4. The average Bonchev–Trinajstić information content (AvgIpc) is 1.62. The van der Waals surface area contributed by atoms with E-state index in [-0.39, 0.29) is 123 Å². The van der Waals surface area contributed by atoms with Crippen molar-refractivity contribution in [2.45, 2.75) is 196 Å². The van der Waals surface area contributed by atoms with Crippen molar-refractivity contribution in [3.05, 3.63) is 134 Å². The summed E-state index contributed by atoms with van der Waals surface area (Å²) in [5, 5.41) is 11.8. The highest BCUT2D eigenvalue weighted by Crippen LogP contribution is 2.60. The van der Waals surface area contributed by atoms with Crippen LogP contribution in [0.3, 0.4) is 0 Å². The van der Waals surface area contributed by atoms with E-state index < -0.39 is 236 Å². The average molecular weight is 2140 g/mol. The number of nitrogen functional groups attached to an aromatic ring is 5. The fourth-order valence-corrected chi connectivity index (χ4v) is 23.0. The fourth-order valence-electron chi connectivity index (χ4n) is 15.6. The third kappa shape index (κ3) is 26.3. The first-order valence-electron chi connectivity index (χ1n) is 42.3. The summed E-state index contributed by atoms with van der Waals surface area (Å²) in [5.74, 6) is -0.368. The molecule has 55 nitrogen and oxygen atoms in total. The molecule has 6 aliphatic heterocycles. The zero-order valence-electron chi connectivity index (χ0n) is 75.5. The lowest BCUT2D eigenvalue weighted by Crippen LogP contribution is -2.42. The van der Waals surface area contributed by atoms with Crippen molar-refractivity contribution in [2.24, 2.45) is 0 Å². The zero-order valence-corrected chi connectivity index (χ0v) is 84.1. The van der Waals surface area contributed by atoms with E-state index >= 15 is 4.57 Å². The topological polar surface area (TPSA) is 708 Å². The number of H-pyrrole nitrogens is 1. The number of hydrogen-bond acceptors (Lipinski definition) is 48. The largest absolute Gasteiger partial charge is 0.387 e. The van der Waals surface area contributed by atoms with Crippen molar-refractivity contribution < 1.29 is 141 Å². The van der Waals surface area contributed by atoms with E-state index in [2.05, 4.69) is 52.1 Å². The van der Waals surface area contributed by atoms with Gasteiger partial charge in [-0.05, 0) is 88.3 Å². The van der Waals surface area contributed by atoms with Gasteiger partial charge in [-0.25, -0.2) is 43.5 Å². The predicted octanol–water partition coefficient (Wildman–Crippen LogP) is -0.167. The van der Waals surface area contributed by atoms with Crippen LogP contribution in [-0.4, -0.2) is 304 Å². The quantitative estimate of drug-likeness (QED) is 0.0134. The van der Waals surface area contributed by atoms with E-state index in [1.165, 1.54) is 95.8 Å². The normalized spacial score (nSPS) is 29.4. The number of nitrogens with one attached hydrogen (secondary N) is 1. The molecular weight excluding hydrogens is 2030 g/mol.